The molecule has 3 nitrogen and oxygen atoms in total. The second-order valence-electron chi connectivity index (χ2n) is 6.98. The molecule has 4 rings (SSSR count). The fourth-order valence-electron chi connectivity index (χ4n) is 3.48. The first-order valence-corrected chi connectivity index (χ1v) is 9.52. The molecule has 0 atom stereocenters. The van der Waals surface area contributed by atoms with Gasteiger partial charge in [0.15, 0.2) is 0 Å². The van der Waals surface area contributed by atoms with E-state index in [-0.39, 0.29) is 0 Å². The van der Waals surface area contributed by atoms with Gasteiger partial charge in [-0.3, -0.25) is 0 Å². The number of nitrogens with zero attached hydrogens (tertiary/aromatic N) is 2. The van der Waals surface area contributed by atoms with Crippen molar-refractivity contribution in [1.29, 1.82) is 0 Å². The van der Waals surface area contributed by atoms with Crippen LogP contribution in [0.5, 0.6) is 0 Å². The van der Waals surface area contributed by atoms with E-state index in [9.17, 15) is 13.2 Å². The first kappa shape index (κ1) is 18.9. The van der Waals surface area contributed by atoms with E-state index >= 15 is 0 Å². The van der Waals surface area contributed by atoms with Gasteiger partial charge in [0.05, 0.1) is 16.9 Å². The number of aryl methyl sites for hydroxylation is 1. The summed E-state index contributed by atoms with van der Waals surface area (Å²) in [6.07, 6.45) is -1.69. The normalized spacial score (nSPS) is 14.3. The first-order valence-electron chi connectivity index (χ1n) is 9.14. The lowest BCUT2D eigenvalue weighted by Gasteiger charge is -2.10. The largest absolute Gasteiger partial charge is 0.416 e. The van der Waals surface area contributed by atoms with Crippen molar-refractivity contribution in [3.8, 4) is 16.9 Å². The van der Waals surface area contributed by atoms with Crippen LogP contribution in [0.3, 0.4) is 0 Å². The maximum Gasteiger partial charge on any atom is 0.416 e. The molecule has 3 aromatic rings. The van der Waals surface area contributed by atoms with Crippen molar-refractivity contribution in [2.75, 3.05) is 11.9 Å². The van der Waals surface area contributed by atoms with Crippen LogP contribution >= 0.6 is 11.6 Å². The number of anilines is 1. The molecule has 7 heteroatoms. The number of aromatic nitrogens is 2. The van der Waals surface area contributed by atoms with Gasteiger partial charge in [0.25, 0.3) is 0 Å². The van der Waals surface area contributed by atoms with Crippen molar-refractivity contribution < 1.29 is 13.2 Å². The fraction of sp³-hybridized carbons (Fsp3) is 0.286. The zero-order chi connectivity index (χ0) is 19.9. The third kappa shape index (κ3) is 3.49. The lowest BCUT2D eigenvalue weighted by Crippen LogP contribution is -2.07. The molecular formula is C21H19ClF3N3. The van der Waals surface area contributed by atoms with Gasteiger partial charge in [-0.2, -0.15) is 18.3 Å². The van der Waals surface area contributed by atoms with Gasteiger partial charge in [-0.15, -0.1) is 0 Å². The van der Waals surface area contributed by atoms with Gasteiger partial charge in [-0.1, -0.05) is 29.8 Å². The number of hydrogen-bond donors (Lipinski definition) is 1. The van der Waals surface area contributed by atoms with Gasteiger partial charge in [-0.05, 0) is 56.0 Å². The van der Waals surface area contributed by atoms with Gasteiger partial charge in [0.1, 0.15) is 5.82 Å². The average molecular weight is 406 g/mol. The van der Waals surface area contributed by atoms with Crippen LogP contribution in [0.15, 0.2) is 42.5 Å². The molecule has 2 aromatic carbocycles. The molecule has 0 radical (unpaired) electrons. The van der Waals surface area contributed by atoms with Crippen LogP contribution in [-0.4, -0.2) is 16.3 Å². The highest BCUT2D eigenvalue weighted by atomic mass is 35.5. The molecule has 1 aliphatic heterocycles. The molecule has 0 saturated carbocycles. The molecule has 1 N–H and O–H groups in total. The molecule has 1 aliphatic rings. The molecule has 2 heterocycles. The summed E-state index contributed by atoms with van der Waals surface area (Å²) in [4.78, 5) is 0. The Kier molecular flexibility index (Phi) is 4.83. The van der Waals surface area contributed by atoms with E-state index < -0.39 is 11.7 Å². The molecular weight excluding hydrogens is 387 g/mol. The molecule has 0 unspecified atom stereocenters. The van der Waals surface area contributed by atoms with E-state index in [0.717, 1.165) is 54.5 Å². The van der Waals surface area contributed by atoms with Crippen molar-refractivity contribution in [3.63, 3.8) is 0 Å². The quantitative estimate of drug-likeness (QED) is 0.544. The smallest absolute Gasteiger partial charge is 0.370 e. The number of alkyl halides is 3. The maximum absolute atomic E-state index is 13.2. The van der Waals surface area contributed by atoms with E-state index in [4.69, 9.17) is 16.7 Å². The number of hydrogen-bond acceptors (Lipinski definition) is 2. The summed E-state index contributed by atoms with van der Waals surface area (Å²) in [6, 6.07) is 11.0. The van der Waals surface area contributed by atoms with Gasteiger partial charge < -0.3 is 5.32 Å². The summed E-state index contributed by atoms with van der Waals surface area (Å²) in [5.74, 6) is 0.824. The summed E-state index contributed by atoms with van der Waals surface area (Å²) in [5, 5.41) is 8.71. The van der Waals surface area contributed by atoms with Crippen molar-refractivity contribution in [2.45, 2.75) is 32.4 Å². The van der Waals surface area contributed by atoms with Gasteiger partial charge in [0.2, 0.25) is 0 Å². The zero-order valence-electron chi connectivity index (χ0n) is 15.3. The Labute approximate surface area is 166 Å². The Morgan fingerprint density at radius 1 is 1.11 bits per heavy atom. The van der Waals surface area contributed by atoms with E-state index in [1.165, 1.54) is 12.1 Å². The molecule has 146 valence electrons. The monoisotopic (exact) mass is 405 g/mol. The summed E-state index contributed by atoms with van der Waals surface area (Å²) < 4.78 is 41.3. The first-order chi connectivity index (χ1) is 13.3. The summed E-state index contributed by atoms with van der Waals surface area (Å²) in [7, 11) is 0. The molecule has 1 aromatic heterocycles. The Bertz CT molecular complexity index is 1020. The van der Waals surface area contributed by atoms with Crippen LogP contribution < -0.4 is 5.32 Å². The Hall–Kier alpha value is -2.47. The Morgan fingerprint density at radius 2 is 1.93 bits per heavy atom. The molecule has 0 saturated heterocycles. The third-order valence-electron chi connectivity index (χ3n) is 4.99. The van der Waals surface area contributed by atoms with Crippen LogP contribution in [-0.2, 0) is 12.6 Å². The molecule has 0 spiro atoms. The van der Waals surface area contributed by atoms with Crippen LogP contribution in [0.25, 0.3) is 16.9 Å². The van der Waals surface area contributed by atoms with Crippen LogP contribution in [0.1, 0.15) is 29.5 Å². The second-order valence-corrected chi connectivity index (χ2v) is 7.39. The highest BCUT2D eigenvalue weighted by molar-refractivity contribution is 6.31. The van der Waals surface area contributed by atoms with Crippen molar-refractivity contribution in [3.05, 3.63) is 64.2 Å². The topological polar surface area (TPSA) is 29.9 Å². The number of rotatable bonds is 2. The molecule has 0 fully saturated rings. The van der Waals surface area contributed by atoms with Gasteiger partial charge in [0, 0.05) is 22.7 Å². The van der Waals surface area contributed by atoms with E-state index in [0.29, 0.717) is 16.3 Å². The lowest BCUT2D eigenvalue weighted by molar-refractivity contribution is -0.137. The lowest BCUT2D eigenvalue weighted by atomic mass is 10.0. The number of fused-ring (bicyclic) bond motifs is 1. The molecule has 0 bridgehead atoms. The summed E-state index contributed by atoms with van der Waals surface area (Å²) in [6.45, 7) is 2.71. The number of nitrogens with one attached hydrogen (secondary N) is 1. The van der Waals surface area contributed by atoms with Crippen molar-refractivity contribution in [1.82, 2.24) is 9.78 Å². The van der Waals surface area contributed by atoms with Crippen molar-refractivity contribution >= 4 is 17.4 Å². The second kappa shape index (κ2) is 7.17. The molecule has 28 heavy (non-hydrogen) atoms. The summed E-state index contributed by atoms with van der Waals surface area (Å²) in [5.41, 5.74) is 3.04. The van der Waals surface area contributed by atoms with Crippen molar-refractivity contribution in [2.24, 2.45) is 0 Å². The SMILES string of the molecule is Cc1ccc(-n2nc(-c3cccc(C(F)(F)F)c3)c3c2NCCCC3)cc1Cl. The number of halogens is 4. The predicted molar refractivity (Wildman–Crippen MR) is 105 cm³/mol. The fourth-order valence-corrected chi connectivity index (χ4v) is 3.65. The Balaban J connectivity index is 1.89. The standard InChI is InChI=1S/C21H19ClF3N3/c1-13-8-9-16(12-18(13)22)28-20-17(7-2-3-10-26-20)19(27-28)14-5-4-6-15(11-14)21(23,24)25/h4-6,8-9,11-12,26H,2-3,7,10H2,1H3. The highest BCUT2D eigenvalue weighted by Crippen LogP contribution is 2.37. The number of benzene rings is 2. The minimum atomic E-state index is -4.39. The van der Waals surface area contributed by atoms with E-state index in [2.05, 4.69) is 5.32 Å². The van der Waals surface area contributed by atoms with E-state index in [1.54, 1.807) is 10.7 Å². The summed E-state index contributed by atoms with van der Waals surface area (Å²) >= 11 is 6.29. The third-order valence-corrected chi connectivity index (χ3v) is 5.40. The van der Waals surface area contributed by atoms with Crippen LogP contribution in [0, 0.1) is 6.92 Å². The van der Waals surface area contributed by atoms with E-state index in [1.807, 2.05) is 25.1 Å². The van der Waals surface area contributed by atoms with Crippen LogP contribution in [0.4, 0.5) is 19.0 Å². The predicted octanol–water partition coefficient (Wildman–Crippen LogP) is 6.27. The minimum Gasteiger partial charge on any atom is -0.370 e. The molecule has 0 aliphatic carbocycles. The van der Waals surface area contributed by atoms with Crippen LogP contribution in [0.2, 0.25) is 5.02 Å². The zero-order valence-corrected chi connectivity index (χ0v) is 16.0. The van der Waals surface area contributed by atoms with Gasteiger partial charge >= 0.3 is 6.18 Å². The molecule has 0 amide bonds. The minimum absolute atomic E-state index is 0.465. The Morgan fingerprint density at radius 3 is 2.68 bits per heavy atom. The van der Waals surface area contributed by atoms with Gasteiger partial charge in [-0.25, -0.2) is 4.68 Å². The maximum atomic E-state index is 13.2. The average Bonchev–Trinajstić information content (AvgIpc) is 2.84. The highest BCUT2D eigenvalue weighted by Gasteiger charge is 2.31.